The molecule has 0 atom stereocenters. The SMILES string of the molecule is O=C(c1ccnc(Cl)c1F)N1CCCCCC1. The van der Waals surface area contributed by atoms with E-state index >= 15 is 0 Å². The molecule has 1 amide bonds. The number of aromatic nitrogens is 1. The van der Waals surface area contributed by atoms with Gasteiger partial charge in [0.25, 0.3) is 5.91 Å². The van der Waals surface area contributed by atoms with Crippen LogP contribution in [0.25, 0.3) is 0 Å². The number of likely N-dealkylation sites (tertiary alicyclic amines) is 1. The molecule has 92 valence electrons. The highest BCUT2D eigenvalue weighted by atomic mass is 35.5. The van der Waals surface area contributed by atoms with Crippen LogP contribution in [-0.4, -0.2) is 28.9 Å². The zero-order chi connectivity index (χ0) is 12.3. The first-order valence-electron chi connectivity index (χ1n) is 5.79. The summed E-state index contributed by atoms with van der Waals surface area (Å²) in [7, 11) is 0. The molecule has 1 aromatic rings. The first kappa shape index (κ1) is 12.3. The van der Waals surface area contributed by atoms with Crippen molar-refractivity contribution in [1.29, 1.82) is 0 Å². The molecule has 0 N–H and O–H groups in total. The van der Waals surface area contributed by atoms with E-state index < -0.39 is 5.82 Å². The standard InChI is InChI=1S/C12H14ClFN2O/c13-11-10(14)9(5-6-15-11)12(17)16-7-3-1-2-4-8-16/h5-6H,1-4,7-8H2. The zero-order valence-electron chi connectivity index (χ0n) is 9.46. The topological polar surface area (TPSA) is 33.2 Å². The van der Waals surface area contributed by atoms with Crippen molar-refractivity contribution in [3.05, 3.63) is 28.8 Å². The summed E-state index contributed by atoms with van der Waals surface area (Å²) in [6.45, 7) is 1.39. The third kappa shape index (κ3) is 2.75. The molecule has 0 bridgehead atoms. The lowest BCUT2D eigenvalue weighted by Crippen LogP contribution is -2.32. The minimum Gasteiger partial charge on any atom is -0.339 e. The Morgan fingerprint density at radius 3 is 2.59 bits per heavy atom. The summed E-state index contributed by atoms with van der Waals surface area (Å²) >= 11 is 5.57. The molecule has 17 heavy (non-hydrogen) atoms. The van der Waals surface area contributed by atoms with E-state index in [0.29, 0.717) is 13.1 Å². The van der Waals surface area contributed by atoms with Gasteiger partial charge in [0.2, 0.25) is 0 Å². The Kier molecular flexibility index (Phi) is 3.94. The number of amides is 1. The van der Waals surface area contributed by atoms with Gasteiger partial charge in [-0.25, -0.2) is 9.37 Å². The summed E-state index contributed by atoms with van der Waals surface area (Å²) < 4.78 is 13.7. The molecule has 0 spiro atoms. The van der Waals surface area contributed by atoms with Crippen LogP contribution in [-0.2, 0) is 0 Å². The van der Waals surface area contributed by atoms with Crippen molar-refractivity contribution < 1.29 is 9.18 Å². The van der Waals surface area contributed by atoms with E-state index in [0.717, 1.165) is 25.7 Å². The number of carbonyl (C=O) groups excluding carboxylic acids is 1. The molecule has 5 heteroatoms. The highest BCUT2D eigenvalue weighted by Crippen LogP contribution is 2.18. The van der Waals surface area contributed by atoms with Gasteiger partial charge in [-0.3, -0.25) is 4.79 Å². The van der Waals surface area contributed by atoms with Gasteiger partial charge in [0.05, 0.1) is 5.56 Å². The van der Waals surface area contributed by atoms with Crippen LogP contribution in [0.2, 0.25) is 5.15 Å². The number of nitrogens with zero attached hydrogens (tertiary/aromatic N) is 2. The number of rotatable bonds is 1. The molecule has 1 aliphatic rings. The molecular weight excluding hydrogens is 243 g/mol. The third-order valence-electron chi connectivity index (χ3n) is 2.97. The Labute approximate surface area is 105 Å². The van der Waals surface area contributed by atoms with E-state index in [2.05, 4.69) is 4.98 Å². The minimum atomic E-state index is -0.719. The first-order valence-corrected chi connectivity index (χ1v) is 6.17. The summed E-state index contributed by atoms with van der Waals surface area (Å²) in [6, 6.07) is 1.38. The first-order chi connectivity index (χ1) is 8.20. The largest absolute Gasteiger partial charge is 0.339 e. The zero-order valence-corrected chi connectivity index (χ0v) is 10.2. The van der Waals surface area contributed by atoms with Crippen molar-refractivity contribution in [2.24, 2.45) is 0 Å². The normalized spacial score (nSPS) is 16.7. The average Bonchev–Trinajstić information content (AvgIpc) is 2.60. The summed E-state index contributed by atoms with van der Waals surface area (Å²) in [6.07, 6.45) is 5.57. The van der Waals surface area contributed by atoms with Crippen molar-refractivity contribution >= 4 is 17.5 Å². The van der Waals surface area contributed by atoms with Crippen LogP contribution < -0.4 is 0 Å². The molecule has 0 aromatic carbocycles. The average molecular weight is 257 g/mol. The Bertz CT molecular complexity index is 417. The van der Waals surface area contributed by atoms with E-state index in [1.165, 1.54) is 12.3 Å². The lowest BCUT2D eigenvalue weighted by Gasteiger charge is -2.20. The molecular formula is C12H14ClFN2O. The number of halogens is 2. The quantitative estimate of drug-likeness (QED) is 0.724. The predicted molar refractivity (Wildman–Crippen MR) is 63.6 cm³/mol. The fourth-order valence-corrected chi connectivity index (χ4v) is 2.19. The van der Waals surface area contributed by atoms with Crippen molar-refractivity contribution in [3.8, 4) is 0 Å². The van der Waals surface area contributed by atoms with Crippen molar-refractivity contribution in [2.45, 2.75) is 25.7 Å². The molecule has 1 fully saturated rings. The van der Waals surface area contributed by atoms with Gasteiger partial charge < -0.3 is 4.90 Å². The van der Waals surface area contributed by atoms with Gasteiger partial charge in [0.1, 0.15) is 0 Å². The smallest absolute Gasteiger partial charge is 0.257 e. The van der Waals surface area contributed by atoms with Crippen LogP contribution in [0.4, 0.5) is 4.39 Å². The van der Waals surface area contributed by atoms with Crippen LogP contribution in [0.15, 0.2) is 12.3 Å². The molecule has 1 aromatic heterocycles. The van der Waals surface area contributed by atoms with Gasteiger partial charge in [-0.2, -0.15) is 0 Å². The highest BCUT2D eigenvalue weighted by molar-refractivity contribution is 6.29. The van der Waals surface area contributed by atoms with Gasteiger partial charge in [0, 0.05) is 19.3 Å². The van der Waals surface area contributed by atoms with Crippen molar-refractivity contribution in [2.75, 3.05) is 13.1 Å². The summed E-state index contributed by atoms with van der Waals surface area (Å²) in [5, 5.41) is -0.245. The fourth-order valence-electron chi connectivity index (χ4n) is 2.03. The number of hydrogen-bond acceptors (Lipinski definition) is 2. The minimum absolute atomic E-state index is 0.0203. The van der Waals surface area contributed by atoms with Gasteiger partial charge in [-0.15, -0.1) is 0 Å². The maximum atomic E-state index is 13.7. The van der Waals surface area contributed by atoms with Crippen LogP contribution >= 0.6 is 11.6 Å². The van der Waals surface area contributed by atoms with Crippen molar-refractivity contribution in [1.82, 2.24) is 9.88 Å². The second-order valence-corrected chi connectivity index (χ2v) is 4.53. The second-order valence-electron chi connectivity index (χ2n) is 4.17. The second kappa shape index (κ2) is 5.45. The number of carbonyl (C=O) groups is 1. The van der Waals surface area contributed by atoms with E-state index in [1.807, 2.05) is 0 Å². The Morgan fingerprint density at radius 1 is 1.29 bits per heavy atom. The Morgan fingerprint density at radius 2 is 1.94 bits per heavy atom. The van der Waals surface area contributed by atoms with Crippen LogP contribution in [0.3, 0.4) is 0 Å². The molecule has 0 saturated carbocycles. The molecule has 2 heterocycles. The molecule has 1 saturated heterocycles. The monoisotopic (exact) mass is 256 g/mol. The van der Waals surface area contributed by atoms with E-state index in [1.54, 1.807) is 4.90 Å². The van der Waals surface area contributed by atoms with Gasteiger partial charge >= 0.3 is 0 Å². The maximum Gasteiger partial charge on any atom is 0.257 e. The van der Waals surface area contributed by atoms with Crippen molar-refractivity contribution in [3.63, 3.8) is 0 Å². The Balaban J connectivity index is 2.20. The number of hydrogen-bond donors (Lipinski definition) is 0. The predicted octanol–water partition coefficient (Wildman–Crippen LogP) is 2.89. The molecule has 0 aliphatic carbocycles. The van der Waals surface area contributed by atoms with Gasteiger partial charge in [0.15, 0.2) is 11.0 Å². The lowest BCUT2D eigenvalue weighted by molar-refractivity contribution is 0.0756. The van der Waals surface area contributed by atoms with E-state index in [4.69, 9.17) is 11.6 Å². The summed E-state index contributed by atoms with van der Waals surface area (Å²) in [5.41, 5.74) is 0.0203. The van der Waals surface area contributed by atoms with Gasteiger partial charge in [-0.05, 0) is 18.9 Å². The molecule has 3 nitrogen and oxygen atoms in total. The highest BCUT2D eigenvalue weighted by Gasteiger charge is 2.21. The van der Waals surface area contributed by atoms with Crippen LogP contribution in [0.5, 0.6) is 0 Å². The van der Waals surface area contributed by atoms with Crippen LogP contribution in [0, 0.1) is 5.82 Å². The molecule has 2 rings (SSSR count). The van der Waals surface area contributed by atoms with Gasteiger partial charge in [-0.1, -0.05) is 24.4 Å². The molecule has 0 unspecified atom stereocenters. The summed E-state index contributed by atoms with van der Waals surface area (Å²) in [5.74, 6) is -1.00. The Hall–Kier alpha value is -1.16. The lowest BCUT2D eigenvalue weighted by atomic mass is 10.2. The third-order valence-corrected chi connectivity index (χ3v) is 3.23. The summed E-state index contributed by atoms with van der Waals surface area (Å²) in [4.78, 5) is 17.4. The fraction of sp³-hybridized carbons (Fsp3) is 0.500. The molecule has 0 radical (unpaired) electrons. The van der Waals surface area contributed by atoms with E-state index in [9.17, 15) is 9.18 Å². The molecule has 1 aliphatic heterocycles. The maximum absolute atomic E-state index is 13.7. The van der Waals surface area contributed by atoms with E-state index in [-0.39, 0.29) is 16.6 Å². The van der Waals surface area contributed by atoms with Crippen LogP contribution in [0.1, 0.15) is 36.0 Å². The number of pyridine rings is 1.